The lowest BCUT2D eigenvalue weighted by atomic mass is 9.97. The lowest BCUT2D eigenvalue weighted by molar-refractivity contribution is -0.147. The minimum absolute atomic E-state index is 0.137. The van der Waals surface area contributed by atoms with Gasteiger partial charge in [0.05, 0.1) is 17.8 Å². The predicted molar refractivity (Wildman–Crippen MR) is 112 cm³/mol. The van der Waals surface area contributed by atoms with Crippen molar-refractivity contribution in [1.82, 2.24) is 4.90 Å². The molecule has 1 unspecified atom stereocenters. The molecule has 2 aliphatic rings. The van der Waals surface area contributed by atoms with Crippen molar-refractivity contribution in [3.63, 3.8) is 0 Å². The fourth-order valence-electron chi connectivity index (χ4n) is 4.25. The van der Waals surface area contributed by atoms with Crippen molar-refractivity contribution in [2.45, 2.75) is 65.2 Å². The standard InChI is InChI=1S/C23H29NO6/c1-14(2)29-20(25)7-6-16-10-18-15(3)9-21(26)30-23(18)19-12-24(13-28-22(16)19)11-17-5-4-8-27-17/h9-10,14,17H,4-8,11-13H2,1-3H3. The van der Waals surface area contributed by atoms with Crippen LogP contribution in [0.25, 0.3) is 11.0 Å². The zero-order valence-electron chi connectivity index (χ0n) is 17.9. The quantitative estimate of drug-likeness (QED) is 0.529. The van der Waals surface area contributed by atoms with Gasteiger partial charge in [0, 0.05) is 37.6 Å². The Morgan fingerprint density at radius 3 is 2.90 bits per heavy atom. The molecule has 3 heterocycles. The van der Waals surface area contributed by atoms with Crippen molar-refractivity contribution in [2.75, 3.05) is 19.9 Å². The third kappa shape index (κ3) is 4.52. The second kappa shape index (κ2) is 8.78. The summed E-state index contributed by atoms with van der Waals surface area (Å²) in [5.41, 5.74) is 2.86. The van der Waals surface area contributed by atoms with Crippen molar-refractivity contribution in [3.8, 4) is 5.75 Å². The lowest BCUT2D eigenvalue weighted by Gasteiger charge is -2.32. The van der Waals surface area contributed by atoms with Crippen LogP contribution in [0.1, 0.15) is 49.8 Å². The summed E-state index contributed by atoms with van der Waals surface area (Å²) in [5.74, 6) is 0.489. The Morgan fingerprint density at radius 1 is 1.33 bits per heavy atom. The van der Waals surface area contributed by atoms with Gasteiger partial charge in [-0.2, -0.15) is 0 Å². The van der Waals surface area contributed by atoms with Crippen LogP contribution in [0.3, 0.4) is 0 Å². The van der Waals surface area contributed by atoms with E-state index >= 15 is 0 Å². The summed E-state index contributed by atoms with van der Waals surface area (Å²) in [6, 6.07) is 3.48. The number of esters is 1. The van der Waals surface area contributed by atoms with E-state index in [1.807, 2.05) is 26.8 Å². The number of aryl methyl sites for hydroxylation is 2. The monoisotopic (exact) mass is 415 g/mol. The molecule has 0 saturated carbocycles. The molecule has 4 rings (SSSR count). The van der Waals surface area contributed by atoms with Crippen LogP contribution < -0.4 is 10.4 Å². The Labute approximate surface area is 175 Å². The molecule has 1 aromatic carbocycles. The van der Waals surface area contributed by atoms with Crippen LogP contribution >= 0.6 is 0 Å². The van der Waals surface area contributed by atoms with Crippen LogP contribution in [0.4, 0.5) is 0 Å². The van der Waals surface area contributed by atoms with E-state index in [2.05, 4.69) is 4.90 Å². The predicted octanol–water partition coefficient (Wildman–Crippen LogP) is 3.32. The Morgan fingerprint density at radius 2 is 2.17 bits per heavy atom. The highest BCUT2D eigenvalue weighted by atomic mass is 16.5. The van der Waals surface area contributed by atoms with Gasteiger partial charge in [-0.1, -0.05) is 0 Å². The first-order valence-corrected chi connectivity index (χ1v) is 10.7. The number of benzene rings is 1. The first-order chi connectivity index (χ1) is 14.4. The smallest absolute Gasteiger partial charge is 0.336 e. The van der Waals surface area contributed by atoms with Crippen LogP contribution in [-0.2, 0) is 27.2 Å². The molecule has 1 saturated heterocycles. The Kier molecular flexibility index (Phi) is 6.11. The van der Waals surface area contributed by atoms with Crippen LogP contribution in [0.2, 0.25) is 0 Å². The molecule has 0 bridgehead atoms. The summed E-state index contributed by atoms with van der Waals surface area (Å²) >= 11 is 0. The lowest BCUT2D eigenvalue weighted by Crippen LogP contribution is -2.38. The Bertz CT molecular complexity index is 989. The summed E-state index contributed by atoms with van der Waals surface area (Å²) in [6.07, 6.45) is 2.99. The molecule has 30 heavy (non-hydrogen) atoms. The Balaban J connectivity index is 1.66. The van der Waals surface area contributed by atoms with Gasteiger partial charge in [-0.15, -0.1) is 0 Å². The molecule has 2 aliphatic heterocycles. The van der Waals surface area contributed by atoms with Gasteiger partial charge in [0.2, 0.25) is 0 Å². The molecule has 0 spiro atoms. The van der Waals surface area contributed by atoms with E-state index in [1.54, 1.807) is 0 Å². The van der Waals surface area contributed by atoms with Crippen molar-refractivity contribution in [1.29, 1.82) is 0 Å². The van der Waals surface area contributed by atoms with Gasteiger partial charge in [0.15, 0.2) is 0 Å². The molecule has 7 nitrogen and oxygen atoms in total. The van der Waals surface area contributed by atoms with Crippen molar-refractivity contribution in [2.24, 2.45) is 0 Å². The normalized spacial score (nSPS) is 19.1. The molecule has 7 heteroatoms. The first kappa shape index (κ1) is 20.9. The van der Waals surface area contributed by atoms with Crippen molar-refractivity contribution >= 4 is 16.9 Å². The van der Waals surface area contributed by atoms with Gasteiger partial charge in [-0.25, -0.2) is 4.79 Å². The maximum absolute atomic E-state index is 12.1. The van der Waals surface area contributed by atoms with Gasteiger partial charge in [-0.05, 0) is 57.2 Å². The zero-order chi connectivity index (χ0) is 21.3. The molecule has 0 radical (unpaired) electrons. The first-order valence-electron chi connectivity index (χ1n) is 10.7. The summed E-state index contributed by atoms with van der Waals surface area (Å²) in [5, 5.41) is 0.878. The summed E-state index contributed by atoms with van der Waals surface area (Å²) < 4.78 is 22.8. The topological polar surface area (TPSA) is 78.2 Å². The number of carbonyl (C=O) groups is 1. The van der Waals surface area contributed by atoms with Crippen LogP contribution in [0, 0.1) is 6.92 Å². The van der Waals surface area contributed by atoms with Gasteiger partial charge in [0.25, 0.3) is 0 Å². The van der Waals surface area contributed by atoms with E-state index in [0.29, 0.717) is 25.3 Å². The van der Waals surface area contributed by atoms with Crippen molar-refractivity contribution < 1.29 is 23.4 Å². The van der Waals surface area contributed by atoms with Gasteiger partial charge < -0.3 is 18.6 Å². The number of hydrogen-bond donors (Lipinski definition) is 0. The number of ether oxygens (including phenoxy) is 3. The SMILES string of the molecule is Cc1cc(=O)oc2c3c(c(CCC(=O)OC(C)C)cc12)OCN(CC1CCCO1)C3. The highest BCUT2D eigenvalue weighted by molar-refractivity contribution is 5.86. The van der Waals surface area contributed by atoms with E-state index in [1.165, 1.54) is 6.07 Å². The van der Waals surface area contributed by atoms with Crippen LogP contribution in [-0.4, -0.2) is 43.0 Å². The van der Waals surface area contributed by atoms with E-state index < -0.39 is 0 Å². The maximum atomic E-state index is 12.1. The fraction of sp³-hybridized carbons (Fsp3) is 0.565. The molecule has 1 aromatic heterocycles. The molecule has 162 valence electrons. The highest BCUT2D eigenvalue weighted by Gasteiger charge is 2.28. The summed E-state index contributed by atoms with van der Waals surface area (Å²) in [7, 11) is 0. The minimum atomic E-state index is -0.369. The highest BCUT2D eigenvalue weighted by Crippen LogP contribution is 2.37. The number of rotatable bonds is 6. The maximum Gasteiger partial charge on any atom is 0.336 e. The van der Waals surface area contributed by atoms with E-state index in [-0.39, 0.29) is 30.2 Å². The molecule has 0 amide bonds. The molecular weight excluding hydrogens is 386 g/mol. The molecule has 2 aromatic rings. The molecular formula is C23H29NO6. The van der Waals surface area contributed by atoms with Crippen LogP contribution in [0.5, 0.6) is 5.75 Å². The number of carbonyl (C=O) groups excluding carboxylic acids is 1. The fourth-order valence-corrected chi connectivity index (χ4v) is 4.25. The van der Waals surface area contributed by atoms with E-state index in [9.17, 15) is 9.59 Å². The minimum Gasteiger partial charge on any atom is -0.477 e. The van der Waals surface area contributed by atoms with Gasteiger partial charge in [0.1, 0.15) is 18.1 Å². The second-order valence-electron chi connectivity index (χ2n) is 8.43. The van der Waals surface area contributed by atoms with Crippen LogP contribution in [0.15, 0.2) is 21.3 Å². The Hall–Kier alpha value is -2.38. The second-order valence-corrected chi connectivity index (χ2v) is 8.43. The molecule has 1 fully saturated rings. The summed E-state index contributed by atoms with van der Waals surface area (Å²) in [4.78, 5) is 26.3. The molecule has 1 atom stereocenters. The molecule has 0 aliphatic carbocycles. The zero-order valence-corrected chi connectivity index (χ0v) is 17.9. The summed E-state index contributed by atoms with van der Waals surface area (Å²) in [6.45, 7) is 8.22. The number of nitrogens with zero attached hydrogens (tertiary/aromatic N) is 1. The van der Waals surface area contributed by atoms with E-state index in [4.69, 9.17) is 18.6 Å². The van der Waals surface area contributed by atoms with Gasteiger partial charge in [-0.3, -0.25) is 9.69 Å². The number of fused-ring (bicyclic) bond motifs is 3. The largest absolute Gasteiger partial charge is 0.477 e. The average molecular weight is 415 g/mol. The third-order valence-corrected chi connectivity index (χ3v) is 5.59. The molecule has 0 N–H and O–H groups in total. The van der Waals surface area contributed by atoms with Gasteiger partial charge >= 0.3 is 11.6 Å². The average Bonchev–Trinajstić information content (AvgIpc) is 3.19. The number of hydrogen-bond acceptors (Lipinski definition) is 7. The van der Waals surface area contributed by atoms with Crippen molar-refractivity contribution in [3.05, 3.63) is 39.2 Å². The van der Waals surface area contributed by atoms with E-state index in [0.717, 1.165) is 53.8 Å². The third-order valence-electron chi connectivity index (χ3n) is 5.59.